The fourth-order valence-electron chi connectivity index (χ4n) is 2.46. The number of hydrogen-bond donors (Lipinski definition) is 0. The molecule has 2 rings (SSSR count). The molecule has 0 radical (unpaired) electrons. The number of anilines is 1. The van der Waals surface area contributed by atoms with Gasteiger partial charge in [-0.05, 0) is 19.3 Å². The van der Waals surface area contributed by atoms with E-state index in [2.05, 4.69) is 4.98 Å². The van der Waals surface area contributed by atoms with Crippen molar-refractivity contribution in [3.63, 3.8) is 0 Å². The molecule has 2 heterocycles. The average Bonchev–Trinajstić information content (AvgIpc) is 2.53. The van der Waals surface area contributed by atoms with E-state index in [0.717, 1.165) is 12.8 Å². The van der Waals surface area contributed by atoms with Crippen LogP contribution in [-0.2, 0) is 9.53 Å². The lowest BCUT2D eigenvalue weighted by Crippen LogP contribution is -2.46. The fraction of sp³-hybridized carbons (Fsp3) is 0.538. The molecule has 8 heteroatoms. The topological polar surface area (TPSA) is 94.8 Å². The molecule has 0 aromatic carbocycles. The molecule has 1 aliphatic rings. The molecule has 0 aliphatic carbocycles. The van der Waals surface area contributed by atoms with Gasteiger partial charge in [-0.2, -0.15) is 4.98 Å². The van der Waals surface area contributed by atoms with Crippen LogP contribution in [0.15, 0.2) is 12.1 Å². The highest BCUT2D eigenvalue weighted by Crippen LogP contribution is 2.33. The Kier molecular flexibility index (Phi) is 4.56. The Balaban J connectivity index is 2.45. The van der Waals surface area contributed by atoms with Gasteiger partial charge < -0.3 is 14.4 Å². The Morgan fingerprint density at radius 2 is 2.19 bits per heavy atom. The number of hydrogen-bond acceptors (Lipinski definition) is 7. The van der Waals surface area contributed by atoms with Gasteiger partial charge in [0.05, 0.1) is 19.1 Å². The minimum atomic E-state index is -0.554. The van der Waals surface area contributed by atoms with Crippen molar-refractivity contribution in [1.82, 2.24) is 4.98 Å². The van der Waals surface area contributed by atoms with E-state index in [1.807, 2.05) is 0 Å². The molecule has 1 atom stereocenters. The van der Waals surface area contributed by atoms with Crippen LogP contribution < -0.4 is 9.64 Å². The second-order valence-electron chi connectivity index (χ2n) is 4.68. The lowest BCUT2D eigenvalue weighted by Gasteiger charge is -2.34. The maximum absolute atomic E-state index is 11.9. The molecular formula is C13H17N3O5. The van der Waals surface area contributed by atoms with E-state index in [4.69, 9.17) is 9.47 Å². The summed E-state index contributed by atoms with van der Waals surface area (Å²) in [5, 5.41) is 11.2. The Labute approximate surface area is 121 Å². The Morgan fingerprint density at radius 1 is 1.43 bits per heavy atom. The molecule has 1 saturated heterocycles. The summed E-state index contributed by atoms with van der Waals surface area (Å²) in [6, 6.07) is 2.21. The number of rotatable bonds is 4. The molecule has 0 bridgehead atoms. The first-order chi connectivity index (χ1) is 10.1. The quantitative estimate of drug-likeness (QED) is 0.472. The number of nitrogens with zero attached hydrogens (tertiary/aromatic N) is 3. The van der Waals surface area contributed by atoms with Crippen molar-refractivity contribution in [2.45, 2.75) is 25.3 Å². The van der Waals surface area contributed by atoms with Crippen molar-refractivity contribution < 1.29 is 19.2 Å². The van der Waals surface area contributed by atoms with E-state index in [1.54, 1.807) is 4.90 Å². The minimum Gasteiger partial charge on any atom is -0.481 e. The second-order valence-corrected chi connectivity index (χ2v) is 4.68. The van der Waals surface area contributed by atoms with Gasteiger partial charge in [0.2, 0.25) is 11.7 Å². The van der Waals surface area contributed by atoms with Gasteiger partial charge in [0, 0.05) is 18.7 Å². The van der Waals surface area contributed by atoms with Crippen molar-refractivity contribution in [2.75, 3.05) is 25.7 Å². The third-order valence-corrected chi connectivity index (χ3v) is 3.48. The number of esters is 1. The molecular weight excluding hydrogens is 278 g/mol. The number of ether oxygens (including phenoxy) is 2. The molecule has 1 aliphatic heterocycles. The number of carbonyl (C=O) groups excluding carboxylic acids is 1. The van der Waals surface area contributed by atoms with E-state index >= 15 is 0 Å². The number of carbonyl (C=O) groups is 1. The van der Waals surface area contributed by atoms with Gasteiger partial charge in [0.15, 0.2) is 0 Å². The van der Waals surface area contributed by atoms with Crippen LogP contribution in [0.5, 0.6) is 5.88 Å². The molecule has 1 aromatic heterocycles. The van der Waals surface area contributed by atoms with Gasteiger partial charge >= 0.3 is 11.7 Å². The largest absolute Gasteiger partial charge is 0.481 e. The lowest BCUT2D eigenvalue weighted by atomic mass is 10.0. The van der Waals surface area contributed by atoms with Crippen molar-refractivity contribution >= 4 is 17.5 Å². The van der Waals surface area contributed by atoms with E-state index in [1.165, 1.54) is 26.4 Å². The highest BCUT2D eigenvalue weighted by molar-refractivity contribution is 5.81. The van der Waals surface area contributed by atoms with Crippen molar-refractivity contribution in [3.8, 4) is 5.88 Å². The zero-order chi connectivity index (χ0) is 15.4. The third kappa shape index (κ3) is 3.04. The van der Waals surface area contributed by atoms with Crippen LogP contribution in [0.25, 0.3) is 0 Å². The molecule has 8 nitrogen and oxygen atoms in total. The highest BCUT2D eigenvalue weighted by atomic mass is 16.6. The molecule has 1 unspecified atom stereocenters. The highest BCUT2D eigenvalue weighted by Gasteiger charge is 2.34. The smallest absolute Gasteiger partial charge is 0.328 e. The average molecular weight is 295 g/mol. The summed E-state index contributed by atoms with van der Waals surface area (Å²) in [5.74, 6) is 0.00728. The van der Waals surface area contributed by atoms with Crippen molar-refractivity contribution in [2.24, 2.45) is 0 Å². The number of nitro groups is 1. The van der Waals surface area contributed by atoms with Crippen LogP contribution in [0.3, 0.4) is 0 Å². The molecule has 21 heavy (non-hydrogen) atoms. The minimum absolute atomic E-state index is 0.147. The number of piperidine rings is 1. The summed E-state index contributed by atoms with van der Waals surface area (Å²) in [5.41, 5.74) is -0.147. The number of pyridine rings is 1. The predicted molar refractivity (Wildman–Crippen MR) is 74.4 cm³/mol. The fourth-order valence-corrected chi connectivity index (χ4v) is 2.46. The first-order valence-corrected chi connectivity index (χ1v) is 6.62. The van der Waals surface area contributed by atoms with Crippen molar-refractivity contribution in [1.29, 1.82) is 0 Å². The SMILES string of the molecule is COC(=O)C1CCCCN1c1nc(OC)ccc1[N+](=O)[O-]. The normalized spacial score (nSPS) is 18.2. The van der Waals surface area contributed by atoms with Crippen LogP contribution >= 0.6 is 0 Å². The van der Waals surface area contributed by atoms with E-state index in [9.17, 15) is 14.9 Å². The van der Waals surface area contributed by atoms with Crippen LogP contribution in [0.1, 0.15) is 19.3 Å². The Bertz CT molecular complexity index is 549. The summed E-state index contributed by atoms with van der Waals surface area (Å²) in [4.78, 5) is 28.4. The van der Waals surface area contributed by atoms with Crippen LogP contribution in [0, 0.1) is 10.1 Å². The summed E-state index contributed by atoms with van der Waals surface area (Å²) in [6.45, 7) is 0.515. The summed E-state index contributed by atoms with van der Waals surface area (Å²) >= 11 is 0. The van der Waals surface area contributed by atoms with E-state index < -0.39 is 16.9 Å². The van der Waals surface area contributed by atoms with Gasteiger partial charge in [-0.15, -0.1) is 0 Å². The standard InChI is InChI=1S/C13H17N3O5/c1-20-11-7-6-9(16(18)19)12(14-11)15-8-4-3-5-10(15)13(17)21-2/h6-7,10H,3-5,8H2,1-2H3. The molecule has 0 amide bonds. The van der Waals surface area contributed by atoms with Gasteiger partial charge in [0.1, 0.15) is 6.04 Å². The van der Waals surface area contributed by atoms with Crippen LogP contribution in [0.4, 0.5) is 11.5 Å². The second kappa shape index (κ2) is 6.38. The first-order valence-electron chi connectivity index (χ1n) is 6.62. The first kappa shape index (κ1) is 15.0. The molecule has 1 aromatic rings. The number of aromatic nitrogens is 1. The predicted octanol–water partition coefficient (Wildman–Crippen LogP) is 1.53. The maximum Gasteiger partial charge on any atom is 0.328 e. The van der Waals surface area contributed by atoms with E-state index in [-0.39, 0.29) is 17.4 Å². The van der Waals surface area contributed by atoms with Gasteiger partial charge in [0.25, 0.3) is 0 Å². The van der Waals surface area contributed by atoms with Crippen molar-refractivity contribution in [3.05, 3.63) is 22.2 Å². The van der Waals surface area contributed by atoms with Gasteiger partial charge in [-0.25, -0.2) is 4.79 Å². The Hall–Kier alpha value is -2.38. The summed E-state index contributed by atoms with van der Waals surface area (Å²) in [7, 11) is 2.74. The molecule has 0 N–H and O–H groups in total. The third-order valence-electron chi connectivity index (χ3n) is 3.48. The number of methoxy groups -OCH3 is 2. The Morgan fingerprint density at radius 3 is 2.81 bits per heavy atom. The molecule has 1 fully saturated rings. The summed E-state index contributed by atoms with van der Waals surface area (Å²) < 4.78 is 9.81. The zero-order valence-electron chi connectivity index (χ0n) is 11.9. The maximum atomic E-state index is 11.9. The summed E-state index contributed by atoms with van der Waals surface area (Å²) in [6.07, 6.45) is 2.29. The van der Waals surface area contributed by atoms with Crippen LogP contribution in [0.2, 0.25) is 0 Å². The lowest BCUT2D eigenvalue weighted by molar-refractivity contribution is -0.384. The van der Waals surface area contributed by atoms with Gasteiger partial charge in [-0.3, -0.25) is 10.1 Å². The van der Waals surface area contributed by atoms with Crippen LogP contribution in [-0.4, -0.2) is 42.7 Å². The van der Waals surface area contributed by atoms with E-state index in [0.29, 0.717) is 13.0 Å². The molecule has 0 spiro atoms. The monoisotopic (exact) mass is 295 g/mol. The zero-order valence-corrected chi connectivity index (χ0v) is 11.9. The molecule has 114 valence electrons. The van der Waals surface area contributed by atoms with Gasteiger partial charge in [-0.1, -0.05) is 0 Å². The molecule has 0 saturated carbocycles.